The van der Waals surface area contributed by atoms with E-state index in [9.17, 15) is 14.4 Å². The van der Waals surface area contributed by atoms with Crippen molar-refractivity contribution in [3.05, 3.63) is 85.1 Å². The SMILES string of the molecule is CCOC(=O)C1=C(C)N=c2s/c(=C/[C@@H]3C(=O)N(c4ccccc4)N=C3C)c(=O)n2[C@H]1c1ccc2c(c1)OCO2. The number of anilines is 1. The summed E-state index contributed by atoms with van der Waals surface area (Å²) in [5.74, 6) is -0.400. The topological polar surface area (TPSA) is 112 Å². The first-order chi connectivity index (χ1) is 18.9. The number of allylic oxidation sites excluding steroid dienone is 1. The highest BCUT2D eigenvalue weighted by molar-refractivity contribution is 7.07. The number of aromatic nitrogens is 1. The molecule has 0 saturated heterocycles. The Morgan fingerprint density at radius 1 is 1.13 bits per heavy atom. The molecule has 0 saturated carbocycles. The lowest BCUT2D eigenvalue weighted by atomic mass is 9.95. The minimum absolute atomic E-state index is 0.0947. The quantitative estimate of drug-likeness (QED) is 0.457. The Labute approximate surface area is 226 Å². The summed E-state index contributed by atoms with van der Waals surface area (Å²) in [6, 6.07) is 13.6. The number of esters is 1. The van der Waals surface area contributed by atoms with Gasteiger partial charge < -0.3 is 14.2 Å². The number of hydrogen-bond acceptors (Lipinski definition) is 9. The normalized spacial score (nSPS) is 20.2. The van der Waals surface area contributed by atoms with Crippen LogP contribution in [0.1, 0.15) is 32.4 Å². The van der Waals surface area contributed by atoms with Crippen LogP contribution in [0.2, 0.25) is 0 Å². The number of para-hydroxylation sites is 1. The number of rotatable bonds is 5. The molecule has 2 aromatic carbocycles. The first-order valence-electron chi connectivity index (χ1n) is 12.4. The smallest absolute Gasteiger partial charge is 0.338 e. The third kappa shape index (κ3) is 4.15. The Morgan fingerprint density at radius 3 is 2.67 bits per heavy atom. The van der Waals surface area contributed by atoms with Gasteiger partial charge in [0.15, 0.2) is 16.3 Å². The molecule has 198 valence electrons. The molecule has 0 spiro atoms. The van der Waals surface area contributed by atoms with Crippen LogP contribution in [0.4, 0.5) is 5.69 Å². The van der Waals surface area contributed by atoms with Crippen LogP contribution in [0.5, 0.6) is 11.5 Å². The van der Waals surface area contributed by atoms with Gasteiger partial charge in [0.25, 0.3) is 11.5 Å². The number of ether oxygens (including phenoxy) is 3. The maximum absolute atomic E-state index is 13.9. The van der Waals surface area contributed by atoms with Crippen LogP contribution in [-0.2, 0) is 14.3 Å². The molecule has 1 amide bonds. The van der Waals surface area contributed by atoms with Crippen molar-refractivity contribution < 1.29 is 23.8 Å². The summed E-state index contributed by atoms with van der Waals surface area (Å²) in [6.45, 7) is 5.47. The zero-order chi connectivity index (χ0) is 27.3. The Hall–Kier alpha value is -4.51. The predicted molar refractivity (Wildman–Crippen MR) is 144 cm³/mol. The van der Waals surface area contributed by atoms with Crippen LogP contribution < -0.4 is 29.4 Å². The average molecular weight is 545 g/mol. The van der Waals surface area contributed by atoms with Gasteiger partial charge in [-0.1, -0.05) is 35.6 Å². The maximum atomic E-state index is 13.9. The molecule has 0 fully saturated rings. The fourth-order valence-corrected chi connectivity index (χ4v) is 5.94. The van der Waals surface area contributed by atoms with E-state index in [0.717, 1.165) is 11.3 Å². The second-order valence-electron chi connectivity index (χ2n) is 9.14. The van der Waals surface area contributed by atoms with Gasteiger partial charge in [0.05, 0.1) is 39.9 Å². The van der Waals surface area contributed by atoms with Gasteiger partial charge in [-0.15, -0.1) is 0 Å². The Bertz CT molecular complexity index is 1750. The molecule has 10 nitrogen and oxygen atoms in total. The largest absolute Gasteiger partial charge is 0.463 e. The molecule has 0 bridgehead atoms. The van der Waals surface area contributed by atoms with Crippen LogP contribution >= 0.6 is 11.3 Å². The lowest BCUT2D eigenvalue weighted by molar-refractivity contribution is -0.139. The molecule has 6 rings (SSSR count). The van der Waals surface area contributed by atoms with Gasteiger partial charge in [-0.2, -0.15) is 10.1 Å². The molecule has 3 aromatic rings. The fourth-order valence-electron chi connectivity index (χ4n) is 4.88. The highest BCUT2D eigenvalue weighted by Gasteiger charge is 2.36. The molecule has 1 aromatic heterocycles. The second kappa shape index (κ2) is 9.66. The van der Waals surface area contributed by atoms with Crippen molar-refractivity contribution in [2.24, 2.45) is 16.0 Å². The number of thiazole rings is 1. The summed E-state index contributed by atoms with van der Waals surface area (Å²) in [5.41, 5.74) is 2.22. The van der Waals surface area contributed by atoms with Gasteiger partial charge in [0.1, 0.15) is 5.92 Å². The zero-order valence-electron chi connectivity index (χ0n) is 21.4. The number of amides is 1. The van der Waals surface area contributed by atoms with Crippen molar-refractivity contribution in [2.75, 3.05) is 18.4 Å². The van der Waals surface area contributed by atoms with E-state index in [2.05, 4.69) is 10.1 Å². The van der Waals surface area contributed by atoms with E-state index in [4.69, 9.17) is 14.2 Å². The van der Waals surface area contributed by atoms with Gasteiger partial charge in [-0.05, 0) is 56.7 Å². The molecule has 4 heterocycles. The molecular weight excluding hydrogens is 520 g/mol. The Kier molecular flexibility index (Phi) is 6.15. The Balaban J connectivity index is 1.47. The van der Waals surface area contributed by atoms with Gasteiger partial charge in [0.2, 0.25) is 6.79 Å². The fraction of sp³-hybridized carbons (Fsp3) is 0.250. The molecule has 0 N–H and O–H groups in total. The van der Waals surface area contributed by atoms with E-state index in [1.54, 1.807) is 57.2 Å². The van der Waals surface area contributed by atoms with E-state index in [0.29, 0.717) is 43.5 Å². The van der Waals surface area contributed by atoms with Crippen molar-refractivity contribution in [2.45, 2.75) is 26.8 Å². The molecule has 0 aliphatic carbocycles. The average Bonchev–Trinajstić information content (AvgIpc) is 3.60. The number of carbonyl (C=O) groups excluding carboxylic acids is 2. The monoisotopic (exact) mass is 544 g/mol. The minimum atomic E-state index is -0.799. The molecule has 0 unspecified atom stereocenters. The van der Waals surface area contributed by atoms with E-state index in [1.165, 1.54) is 9.58 Å². The third-order valence-electron chi connectivity index (χ3n) is 6.73. The number of fused-ring (bicyclic) bond motifs is 2. The van der Waals surface area contributed by atoms with Crippen molar-refractivity contribution >= 4 is 40.7 Å². The summed E-state index contributed by atoms with van der Waals surface area (Å²) in [7, 11) is 0. The summed E-state index contributed by atoms with van der Waals surface area (Å²) in [4.78, 5) is 45.3. The predicted octanol–water partition coefficient (Wildman–Crippen LogP) is 2.52. The van der Waals surface area contributed by atoms with Crippen molar-refractivity contribution in [3.63, 3.8) is 0 Å². The molecule has 39 heavy (non-hydrogen) atoms. The highest BCUT2D eigenvalue weighted by atomic mass is 32.1. The van der Waals surface area contributed by atoms with Crippen LogP contribution in [0.15, 0.2) is 74.7 Å². The molecule has 3 aliphatic heterocycles. The number of benzene rings is 2. The number of nitrogens with zero attached hydrogens (tertiary/aromatic N) is 4. The van der Waals surface area contributed by atoms with Crippen LogP contribution in [0, 0.1) is 5.92 Å². The number of carbonyl (C=O) groups is 2. The minimum Gasteiger partial charge on any atom is -0.463 e. The highest BCUT2D eigenvalue weighted by Crippen LogP contribution is 2.38. The summed E-state index contributed by atoms with van der Waals surface area (Å²) < 4.78 is 18.2. The van der Waals surface area contributed by atoms with Gasteiger partial charge >= 0.3 is 5.97 Å². The number of hydrazone groups is 1. The van der Waals surface area contributed by atoms with Crippen LogP contribution in [-0.4, -0.2) is 35.6 Å². The lowest BCUT2D eigenvalue weighted by Crippen LogP contribution is -2.40. The van der Waals surface area contributed by atoms with Crippen molar-refractivity contribution in [1.29, 1.82) is 0 Å². The van der Waals surface area contributed by atoms with Crippen LogP contribution in [0.25, 0.3) is 6.08 Å². The van der Waals surface area contributed by atoms with E-state index in [1.807, 2.05) is 18.2 Å². The number of hydrogen-bond donors (Lipinski definition) is 0. The molecule has 0 radical (unpaired) electrons. The van der Waals surface area contributed by atoms with Crippen molar-refractivity contribution in [3.8, 4) is 11.5 Å². The van der Waals surface area contributed by atoms with E-state index in [-0.39, 0.29) is 30.4 Å². The van der Waals surface area contributed by atoms with Gasteiger partial charge in [0, 0.05) is 0 Å². The first kappa shape index (κ1) is 24.8. The second-order valence-corrected chi connectivity index (χ2v) is 10.2. The van der Waals surface area contributed by atoms with E-state index < -0.39 is 17.9 Å². The molecule has 3 aliphatic rings. The standard InChI is InChI=1S/C28H24N4O6S/c1-4-36-27(35)23-16(3)29-28-31(24(23)17-10-11-20-21(12-17)38-14-37-20)26(34)22(39-28)13-19-15(2)30-32(25(19)33)18-8-6-5-7-9-18/h5-13,19,24H,4,14H2,1-3H3/b22-13+/t19-,24-/m0/s1. The van der Waals surface area contributed by atoms with E-state index >= 15 is 0 Å². The summed E-state index contributed by atoms with van der Waals surface area (Å²) in [6.07, 6.45) is 1.63. The molecular formula is C28H24N4O6S. The van der Waals surface area contributed by atoms with Gasteiger partial charge in [-0.25, -0.2) is 9.79 Å². The van der Waals surface area contributed by atoms with Crippen LogP contribution in [0.3, 0.4) is 0 Å². The van der Waals surface area contributed by atoms with Gasteiger partial charge in [-0.3, -0.25) is 14.2 Å². The summed E-state index contributed by atoms with van der Waals surface area (Å²) in [5, 5.41) is 5.79. The Morgan fingerprint density at radius 2 is 1.90 bits per heavy atom. The summed E-state index contributed by atoms with van der Waals surface area (Å²) >= 11 is 1.16. The third-order valence-corrected chi connectivity index (χ3v) is 7.73. The lowest BCUT2D eigenvalue weighted by Gasteiger charge is -2.24. The van der Waals surface area contributed by atoms with Crippen molar-refractivity contribution in [1.82, 2.24) is 4.57 Å². The zero-order valence-corrected chi connectivity index (χ0v) is 22.2. The first-order valence-corrected chi connectivity index (χ1v) is 13.2. The molecule has 2 atom stereocenters. The molecule has 11 heteroatoms. The maximum Gasteiger partial charge on any atom is 0.338 e.